The fraction of sp³-hybridized carbons (Fsp3) is 0.222. The van der Waals surface area contributed by atoms with Gasteiger partial charge in [0.05, 0.1) is 0 Å². The minimum atomic E-state index is 0.741. The van der Waals surface area contributed by atoms with Gasteiger partial charge in [0, 0.05) is 23.5 Å². The topological polar surface area (TPSA) is 3.24 Å². The first-order valence-corrected chi connectivity index (χ1v) is 7.21. The van der Waals surface area contributed by atoms with E-state index in [0.717, 1.165) is 22.0 Å². The maximum atomic E-state index is 5.89. The van der Waals surface area contributed by atoms with Crippen LogP contribution in [-0.2, 0) is 0 Å². The van der Waals surface area contributed by atoms with E-state index in [1.54, 1.807) is 0 Å². The number of halogens is 1. The van der Waals surface area contributed by atoms with Crippen molar-refractivity contribution in [1.82, 2.24) is 0 Å². The van der Waals surface area contributed by atoms with Crippen molar-refractivity contribution in [2.45, 2.75) is 20.8 Å². The van der Waals surface area contributed by atoms with Crippen LogP contribution in [0.1, 0.15) is 25.0 Å². The van der Waals surface area contributed by atoms with Gasteiger partial charge >= 0.3 is 0 Å². The number of anilines is 1. The molecule has 2 aromatic carbocycles. The molecule has 0 N–H and O–H groups in total. The number of rotatable bonds is 3. The zero-order valence-corrected chi connectivity index (χ0v) is 13.4. The summed E-state index contributed by atoms with van der Waals surface area (Å²) in [4.78, 5) is 2.08. The lowest BCUT2D eigenvalue weighted by molar-refractivity contribution is 1.22. The summed E-state index contributed by atoms with van der Waals surface area (Å²) in [6, 6.07) is 16.1. The molecule has 106 valence electrons. The molecule has 1 nitrogen and oxygen atoms in total. The molecule has 0 bridgehead atoms. The monoisotopic (exact) mass is 287 g/mol. The van der Waals surface area contributed by atoms with E-state index in [4.69, 9.17) is 11.6 Å². The molecule has 0 aliphatic heterocycles. The third-order valence-electron chi connectivity index (χ3n) is 2.97. The number of hydrogen-bond acceptors (Lipinski definition) is 1. The van der Waals surface area contributed by atoms with Crippen molar-refractivity contribution in [3.05, 3.63) is 71.3 Å². The molecule has 0 fully saturated rings. The molecule has 0 radical (unpaired) electrons. The van der Waals surface area contributed by atoms with Crippen molar-refractivity contribution in [3.63, 3.8) is 0 Å². The van der Waals surface area contributed by atoms with Crippen molar-refractivity contribution < 1.29 is 0 Å². The van der Waals surface area contributed by atoms with Gasteiger partial charge in [-0.2, -0.15) is 0 Å². The first-order valence-electron chi connectivity index (χ1n) is 6.83. The molecule has 0 amide bonds. The molecular formula is C18H22ClN. The van der Waals surface area contributed by atoms with Crippen LogP contribution in [0.3, 0.4) is 0 Å². The molecule has 2 heteroatoms. The first kappa shape index (κ1) is 16.3. The van der Waals surface area contributed by atoms with Crippen LogP contribution >= 0.6 is 11.6 Å². The molecule has 0 spiro atoms. The summed E-state index contributed by atoms with van der Waals surface area (Å²) >= 11 is 5.89. The molecule has 0 saturated carbocycles. The quantitative estimate of drug-likeness (QED) is 0.691. The van der Waals surface area contributed by atoms with Gasteiger partial charge in [0.25, 0.3) is 0 Å². The average Bonchev–Trinajstić information content (AvgIpc) is 2.48. The minimum Gasteiger partial charge on any atom is -0.345 e. The largest absolute Gasteiger partial charge is 0.345 e. The van der Waals surface area contributed by atoms with E-state index in [1.165, 1.54) is 5.56 Å². The van der Waals surface area contributed by atoms with Gasteiger partial charge in [0.2, 0.25) is 0 Å². The standard InChI is InChI=1S/C16H16ClN.C2H6/c1-12-5-4-6-16(11-12)18(3)13(2)14-7-9-15(17)10-8-14;1-2/h4-11H,2H2,1,3H3;1-2H3. The molecular weight excluding hydrogens is 266 g/mol. The van der Waals surface area contributed by atoms with Crippen molar-refractivity contribution in [2.75, 3.05) is 11.9 Å². The van der Waals surface area contributed by atoms with Crippen molar-refractivity contribution in [3.8, 4) is 0 Å². The van der Waals surface area contributed by atoms with Crippen LogP contribution in [0, 0.1) is 6.92 Å². The first-order chi connectivity index (χ1) is 9.58. The zero-order chi connectivity index (χ0) is 15.1. The van der Waals surface area contributed by atoms with Crippen molar-refractivity contribution >= 4 is 23.0 Å². The van der Waals surface area contributed by atoms with E-state index < -0.39 is 0 Å². The highest BCUT2D eigenvalue weighted by Gasteiger charge is 2.07. The molecule has 0 heterocycles. The third kappa shape index (κ3) is 4.14. The Balaban J connectivity index is 0.000000956. The third-order valence-corrected chi connectivity index (χ3v) is 3.22. The molecule has 0 aliphatic carbocycles. The van der Waals surface area contributed by atoms with E-state index >= 15 is 0 Å². The van der Waals surface area contributed by atoms with Crippen molar-refractivity contribution in [1.29, 1.82) is 0 Å². The summed E-state index contributed by atoms with van der Waals surface area (Å²) in [6.45, 7) is 10.2. The van der Waals surface area contributed by atoms with Gasteiger partial charge in [-0.3, -0.25) is 0 Å². The van der Waals surface area contributed by atoms with E-state index in [9.17, 15) is 0 Å². The fourth-order valence-electron chi connectivity index (χ4n) is 1.83. The molecule has 20 heavy (non-hydrogen) atoms. The van der Waals surface area contributed by atoms with Gasteiger partial charge in [0.1, 0.15) is 0 Å². The highest BCUT2D eigenvalue weighted by atomic mass is 35.5. The number of hydrogen-bond donors (Lipinski definition) is 0. The van der Waals surface area contributed by atoms with Crippen LogP contribution in [-0.4, -0.2) is 7.05 Å². The molecule has 0 aromatic heterocycles. The lowest BCUT2D eigenvalue weighted by Gasteiger charge is -2.22. The Bertz CT molecular complexity index is 558. The maximum Gasteiger partial charge on any atom is 0.0410 e. The molecule has 2 aromatic rings. The lowest BCUT2D eigenvalue weighted by atomic mass is 10.1. The van der Waals surface area contributed by atoms with Gasteiger partial charge < -0.3 is 4.90 Å². The van der Waals surface area contributed by atoms with Crippen LogP contribution in [0.25, 0.3) is 5.70 Å². The summed E-state index contributed by atoms with van der Waals surface area (Å²) in [5.41, 5.74) is 4.40. The van der Waals surface area contributed by atoms with E-state index in [2.05, 4.69) is 42.7 Å². The predicted molar refractivity (Wildman–Crippen MR) is 91.4 cm³/mol. The second-order valence-corrected chi connectivity index (χ2v) is 4.79. The minimum absolute atomic E-state index is 0.741. The summed E-state index contributed by atoms with van der Waals surface area (Å²) in [5.74, 6) is 0. The van der Waals surface area contributed by atoms with Gasteiger partial charge in [-0.15, -0.1) is 0 Å². The van der Waals surface area contributed by atoms with Gasteiger partial charge in [0.15, 0.2) is 0 Å². The maximum absolute atomic E-state index is 5.89. The second kappa shape index (κ2) is 7.76. The highest BCUT2D eigenvalue weighted by Crippen LogP contribution is 2.24. The van der Waals surface area contributed by atoms with E-state index in [0.29, 0.717) is 0 Å². The van der Waals surface area contributed by atoms with Crippen LogP contribution in [0.15, 0.2) is 55.1 Å². The van der Waals surface area contributed by atoms with Crippen molar-refractivity contribution in [2.24, 2.45) is 0 Å². The summed E-state index contributed by atoms with van der Waals surface area (Å²) in [7, 11) is 2.02. The second-order valence-electron chi connectivity index (χ2n) is 4.35. The summed E-state index contributed by atoms with van der Waals surface area (Å²) in [6.07, 6.45) is 0. The Morgan fingerprint density at radius 3 is 2.20 bits per heavy atom. The Hall–Kier alpha value is -1.73. The molecule has 2 rings (SSSR count). The zero-order valence-electron chi connectivity index (χ0n) is 12.7. The molecule has 0 aliphatic rings. The Kier molecular flexibility index (Phi) is 6.33. The van der Waals surface area contributed by atoms with E-state index in [-0.39, 0.29) is 0 Å². The number of benzene rings is 2. The number of aryl methyl sites for hydroxylation is 1. The molecule has 0 atom stereocenters. The predicted octanol–water partition coefficient (Wildman–Crippen LogP) is 5.78. The van der Waals surface area contributed by atoms with Gasteiger partial charge in [-0.05, 0) is 42.3 Å². The molecule has 0 unspecified atom stereocenters. The van der Waals surface area contributed by atoms with Crippen LogP contribution in [0.2, 0.25) is 5.02 Å². The van der Waals surface area contributed by atoms with Crippen LogP contribution in [0.4, 0.5) is 5.69 Å². The Labute approximate surface area is 127 Å². The molecule has 0 saturated heterocycles. The van der Waals surface area contributed by atoms with Crippen LogP contribution in [0.5, 0.6) is 0 Å². The van der Waals surface area contributed by atoms with Crippen LogP contribution < -0.4 is 4.90 Å². The van der Waals surface area contributed by atoms with Gasteiger partial charge in [-0.1, -0.05) is 56.3 Å². The summed E-state index contributed by atoms with van der Waals surface area (Å²) in [5, 5.41) is 0.741. The number of nitrogens with zero attached hydrogens (tertiary/aromatic N) is 1. The van der Waals surface area contributed by atoms with Gasteiger partial charge in [-0.25, -0.2) is 0 Å². The average molecular weight is 288 g/mol. The highest BCUT2D eigenvalue weighted by molar-refractivity contribution is 6.30. The smallest absolute Gasteiger partial charge is 0.0410 e. The Morgan fingerprint density at radius 1 is 1.05 bits per heavy atom. The Morgan fingerprint density at radius 2 is 1.65 bits per heavy atom. The fourth-order valence-corrected chi connectivity index (χ4v) is 1.95. The summed E-state index contributed by atoms with van der Waals surface area (Å²) < 4.78 is 0. The normalized spacial score (nSPS) is 9.45. The lowest BCUT2D eigenvalue weighted by Crippen LogP contribution is -2.14. The SMILES string of the molecule is C=C(c1ccc(Cl)cc1)N(C)c1cccc(C)c1.CC. The van der Waals surface area contributed by atoms with E-state index in [1.807, 2.05) is 45.2 Å².